The molecule has 2 amide bonds. The van der Waals surface area contributed by atoms with Crippen molar-refractivity contribution in [3.05, 3.63) is 0 Å². The van der Waals surface area contributed by atoms with Crippen LogP contribution >= 0.6 is 0 Å². The molecule has 0 radical (unpaired) electrons. The second kappa shape index (κ2) is 9.03. The number of carbonyl (C=O) groups excluding carboxylic acids is 3. The molecule has 27 heavy (non-hydrogen) atoms. The fourth-order valence-corrected chi connectivity index (χ4v) is 2.46. The maximum Gasteiger partial charge on any atom is 0.528 e. The predicted octanol–water partition coefficient (Wildman–Crippen LogP) is 0.754. The van der Waals surface area contributed by atoms with Crippen molar-refractivity contribution < 1.29 is 33.9 Å². The Morgan fingerprint density at radius 3 is 2.33 bits per heavy atom. The van der Waals surface area contributed by atoms with Gasteiger partial charge in [0.25, 0.3) is 0 Å². The number of ether oxygens (including phenoxy) is 1. The van der Waals surface area contributed by atoms with Crippen molar-refractivity contribution in [1.29, 1.82) is 0 Å². The third kappa shape index (κ3) is 6.70. The highest BCUT2D eigenvalue weighted by Crippen LogP contribution is 2.21. The van der Waals surface area contributed by atoms with Crippen LogP contribution in [0, 0.1) is 0 Å². The van der Waals surface area contributed by atoms with Gasteiger partial charge in [-0.1, -0.05) is 0 Å². The third-order valence-electron chi connectivity index (χ3n) is 4.11. The Hall–Kier alpha value is -2.36. The first kappa shape index (κ1) is 22.7. The highest BCUT2D eigenvalue weighted by molar-refractivity contribution is 5.91. The topological polar surface area (TPSA) is 125 Å². The number of likely N-dealkylation sites (N-methyl/N-ethyl adjacent to an activating group) is 1. The Balaban J connectivity index is 2.71. The normalized spacial score (nSPS) is 19.7. The number of nitrogens with one attached hydrogen (secondary N) is 1. The zero-order valence-corrected chi connectivity index (χ0v) is 16.6. The van der Waals surface area contributed by atoms with Crippen LogP contribution in [0.25, 0.3) is 0 Å². The van der Waals surface area contributed by atoms with E-state index >= 15 is 0 Å². The number of carboxylic acid groups (broad SMARTS) is 1. The maximum absolute atomic E-state index is 12.7. The highest BCUT2D eigenvalue weighted by atomic mass is 16.8. The number of aliphatic carboxylic acids is 1. The first-order chi connectivity index (χ1) is 12.3. The van der Waals surface area contributed by atoms with Gasteiger partial charge >= 0.3 is 12.1 Å². The number of hydrogen-bond donors (Lipinski definition) is 2. The first-order valence-electron chi connectivity index (χ1n) is 8.81. The van der Waals surface area contributed by atoms with Crippen LogP contribution < -0.4 is 5.32 Å². The molecule has 0 aromatic carbocycles. The molecule has 1 aliphatic rings. The van der Waals surface area contributed by atoms with E-state index in [9.17, 15) is 19.2 Å². The molecule has 0 saturated carbocycles. The highest BCUT2D eigenvalue weighted by Gasteiger charge is 2.38. The lowest BCUT2D eigenvalue weighted by Crippen LogP contribution is -2.54. The minimum atomic E-state index is -1.17. The standard InChI is InChI=1S/C17H29N3O7/c1-10(15(23)24)18-13(21)11(2)19(6)14(22)12-8-7-9-20(12)27-16(25)26-17(3,4)5/h10-12H,7-9H2,1-6H3,(H,18,21)(H,23,24)/t10-,11-,12-/m0/s1. The fourth-order valence-electron chi connectivity index (χ4n) is 2.46. The molecule has 0 bridgehead atoms. The van der Waals surface area contributed by atoms with E-state index in [2.05, 4.69) is 5.32 Å². The zero-order valence-electron chi connectivity index (χ0n) is 16.6. The van der Waals surface area contributed by atoms with E-state index in [1.54, 1.807) is 20.8 Å². The van der Waals surface area contributed by atoms with Crippen LogP contribution in [0.1, 0.15) is 47.5 Å². The summed E-state index contributed by atoms with van der Waals surface area (Å²) in [4.78, 5) is 54.0. The molecule has 154 valence electrons. The summed E-state index contributed by atoms with van der Waals surface area (Å²) in [5.74, 6) is -2.16. The molecule has 1 saturated heterocycles. The van der Waals surface area contributed by atoms with Crippen LogP contribution in [0.4, 0.5) is 4.79 Å². The molecule has 3 atom stereocenters. The van der Waals surface area contributed by atoms with Gasteiger partial charge in [-0.25, -0.2) is 4.79 Å². The van der Waals surface area contributed by atoms with Crippen molar-refractivity contribution >= 4 is 23.9 Å². The van der Waals surface area contributed by atoms with Gasteiger partial charge in [0.05, 0.1) is 0 Å². The summed E-state index contributed by atoms with van der Waals surface area (Å²) >= 11 is 0. The van der Waals surface area contributed by atoms with Crippen molar-refractivity contribution in [1.82, 2.24) is 15.3 Å². The predicted molar refractivity (Wildman–Crippen MR) is 94.5 cm³/mol. The second-order valence-corrected chi connectivity index (χ2v) is 7.55. The average molecular weight is 387 g/mol. The van der Waals surface area contributed by atoms with E-state index < -0.39 is 47.7 Å². The van der Waals surface area contributed by atoms with Gasteiger partial charge in [-0.2, -0.15) is 0 Å². The summed E-state index contributed by atoms with van der Waals surface area (Å²) in [6.07, 6.45) is 0.209. The van der Waals surface area contributed by atoms with Crippen LogP contribution in [0.15, 0.2) is 0 Å². The SMILES string of the molecule is C[C@H](NC(=O)[C@H](C)N(C)C(=O)[C@@H]1CCCN1OC(=O)OC(C)(C)C)C(=O)O. The van der Waals surface area contributed by atoms with Crippen molar-refractivity contribution in [2.75, 3.05) is 13.6 Å². The number of nitrogens with zero attached hydrogens (tertiary/aromatic N) is 2. The Morgan fingerprint density at radius 1 is 1.22 bits per heavy atom. The Kier molecular flexibility index (Phi) is 7.58. The second-order valence-electron chi connectivity index (χ2n) is 7.55. The van der Waals surface area contributed by atoms with Crippen LogP contribution in [-0.2, 0) is 24.0 Å². The molecule has 1 fully saturated rings. The third-order valence-corrected chi connectivity index (χ3v) is 4.11. The summed E-state index contributed by atoms with van der Waals surface area (Å²) in [6.45, 7) is 8.31. The average Bonchev–Trinajstić information content (AvgIpc) is 2.98. The van der Waals surface area contributed by atoms with Crippen molar-refractivity contribution in [2.24, 2.45) is 0 Å². The number of rotatable bonds is 6. The van der Waals surface area contributed by atoms with E-state index in [1.165, 1.54) is 30.9 Å². The van der Waals surface area contributed by atoms with Crippen LogP contribution in [-0.4, -0.2) is 76.3 Å². The molecule has 1 heterocycles. The van der Waals surface area contributed by atoms with E-state index in [1.807, 2.05) is 0 Å². The molecule has 10 heteroatoms. The maximum atomic E-state index is 12.7. The molecule has 0 aromatic heterocycles. The summed E-state index contributed by atoms with van der Waals surface area (Å²) < 4.78 is 5.09. The Morgan fingerprint density at radius 2 is 1.81 bits per heavy atom. The number of carboxylic acids is 1. The molecule has 0 aliphatic carbocycles. The monoisotopic (exact) mass is 387 g/mol. The molecule has 10 nitrogen and oxygen atoms in total. The quantitative estimate of drug-likeness (QED) is 0.640. The number of carbonyl (C=O) groups is 4. The summed E-state index contributed by atoms with van der Waals surface area (Å²) in [5, 5.41) is 12.5. The summed E-state index contributed by atoms with van der Waals surface area (Å²) in [6, 6.07) is -2.68. The first-order valence-corrected chi connectivity index (χ1v) is 8.81. The van der Waals surface area contributed by atoms with Crippen LogP contribution in [0.2, 0.25) is 0 Å². The largest absolute Gasteiger partial charge is 0.528 e. The Bertz CT molecular complexity index is 588. The van der Waals surface area contributed by atoms with Gasteiger partial charge in [0.2, 0.25) is 11.8 Å². The zero-order chi connectivity index (χ0) is 20.9. The van der Waals surface area contributed by atoms with E-state index in [4.69, 9.17) is 14.7 Å². The molecule has 1 aliphatic heterocycles. The number of hydrogen-bond acceptors (Lipinski definition) is 7. The number of hydroxylamine groups is 2. The van der Waals surface area contributed by atoms with Crippen molar-refractivity contribution in [3.8, 4) is 0 Å². The smallest absolute Gasteiger partial charge is 0.480 e. The molecule has 2 N–H and O–H groups in total. The van der Waals surface area contributed by atoms with Gasteiger partial charge in [-0.05, 0) is 47.5 Å². The van der Waals surface area contributed by atoms with Gasteiger partial charge in [-0.15, -0.1) is 5.06 Å². The van der Waals surface area contributed by atoms with E-state index in [-0.39, 0.29) is 0 Å². The summed E-state index contributed by atoms with van der Waals surface area (Å²) in [5.41, 5.74) is -0.722. The summed E-state index contributed by atoms with van der Waals surface area (Å²) in [7, 11) is 1.45. The van der Waals surface area contributed by atoms with Gasteiger partial charge in [0, 0.05) is 13.6 Å². The van der Waals surface area contributed by atoms with Gasteiger partial charge in [0.1, 0.15) is 23.7 Å². The molecular formula is C17H29N3O7. The lowest BCUT2D eigenvalue weighted by atomic mass is 10.1. The molecule has 0 aromatic rings. The van der Waals surface area contributed by atoms with Crippen LogP contribution in [0.5, 0.6) is 0 Å². The Labute approximate surface area is 158 Å². The lowest BCUT2D eigenvalue weighted by Gasteiger charge is -2.30. The van der Waals surface area contributed by atoms with Crippen molar-refractivity contribution in [2.45, 2.75) is 71.2 Å². The van der Waals surface area contributed by atoms with Crippen molar-refractivity contribution in [3.63, 3.8) is 0 Å². The van der Waals surface area contributed by atoms with E-state index in [0.717, 1.165) is 0 Å². The van der Waals surface area contributed by atoms with Gasteiger partial charge < -0.3 is 24.9 Å². The molecular weight excluding hydrogens is 358 g/mol. The van der Waals surface area contributed by atoms with Gasteiger partial charge in [0.15, 0.2) is 0 Å². The van der Waals surface area contributed by atoms with Crippen LogP contribution in [0.3, 0.4) is 0 Å². The number of amides is 2. The minimum Gasteiger partial charge on any atom is -0.480 e. The van der Waals surface area contributed by atoms with E-state index in [0.29, 0.717) is 19.4 Å². The molecule has 0 spiro atoms. The molecule has 1 rings (SSSR count). The lowest BCUT2D eigenvalue weighted by molar-refractivity contribution is -0.170. The van der Waals surface area contributed by atoms with Gasteiger partial charge in [-0.3, -0.25) is 14.4 Å². The fraction of sp³-hybridized carbons (Fsp3) is 0.765. The minimum absolute atomic E-state index is 0.375. The molecule has 0 unspecified atom stereocenters.